The van der Waals surface area contributed by atoms with Crippen molar-refractivity contribution in [1.82, 2.24) is 20.4 Å². The standard InChI is InChI=1S/C18H19ClN4OS/c1-23(2)17(13-6-7-25-11-13)10-20-18(24)16-9-15(21-22-16)12-4-3-5-14(19)8-12/h3-9,11,17H,10H2,1-2H3,(H,20,24)(H,21,22). The Hall–Kier alpha value is -2.15. The number of carbonyl (C=O) groups is 1. The second-order valence-electron chi connectivity index (χ2n) is 5.92. The molecule has 1 amide bonds. The van der Waals surface area contributed by atoms with E-state index in [1.807, 2.05) is 37.7 Å². The van der Waals surface area contributed by atoms with Crippen LogP contribution in [0.15, 0.2) is 47.2 Å². The molecular formula is C18H19ClN4OS. The van der Waals surface area contributed by atoms with Crippen LogP contribution in [0.1, 0.15) is 22.1 Å². The van der Waals surface area contributed by atoms with E-state index in [0.717, 1.165) is 5.56 Å². The van der Waals surface area contributed by atoms with Gasteiger partial charge >= 0.3 is 0 Å². The van der Waals surface area contributed by atoms with Crippen LogP contribution in [0.5, 0.6) is 0 Å². The van der Waals surface area contributed by atoms with Crippen molar-refractivity contribution in [3.8, 4) is 11.3 Å². The molecule has 5 nitrogen and oxygen atoms in total. The van der Waals surface area contributed by atoms with Gasteiger partial charge in [-0.2, -0.15) is 16.4 Å². The summed E-state index contributed by atoms with van der Waals surface area (Å²) in [7, 11) is 4.00. The van der Waals surface area contributed by atoms with Crippen LogP contribution in [-0.2, 0) is 0 Å². The number of H-pyrrole nitrogens is 1. The third-order valence-corrected chi connectivity index (χ3v) is 4.89. The Morgan fingerprint density at radius 2 is 2.20 bits per heavy atom. The van der Waals surface area contributed by atoms with Gasteiger partial charge in [-0.15, -0.1) is 0 Å². The first kappa shape index (κ1) is 17.7. The molecule has 2 heterocycles. The molecule has 1 aromatic carbocycles. The molecule has 3 aromatic rings. The zero-order valence-corrected chi connectivity index (χ0v) is 15.6. The Kier molecular flexibility index (Phi) is 5.53. The lowest BCUT2D eigenvalue weighted by molar-refractivity contribution is 0.0937. The van der Waals surface area contributed by atoms with Gasteiger partial charge in [0.2, 0.25) is 0 Å². The lowest BCUT2D eigenvalue weighted by Gasteiger charge is -2.23. The van der Waals surface area contributed by atoms with Crippen molar-refractivity contribution in [2.24, 2.45) is 0 Å². The van der Waals surface area contributed by atoms with Crippen LogP contribution in [0.3, 0.4) is 0 Å². The molecule has 0 aliphatic rings. The maximum Gasteiger partial charge on any atom is 0.269 e. The van der Waals surface area contributed by atoms with E-state index in [4.69, 9.17) is 11.6 Å². The second kappa shape index (κ2) is 7.82. The fourth-order valence-electron chi connectivity index (χ4n) is 2.58. The van der Waals surface area contributed by atoms with E-state index >= 15 is 0 Å². The minimum absolute atomic E-state index is 0.130. The average Bonchev–Trinajstić information content (AvgIpc) is 3.26. The van der Waals surface area contributed by atoms with Crippen molar-refractivity contribution in [3.05, 3.63) is 63.4 Å². The van der Waals surface area contributed by atoms with Crippen LogP contribution in [0.25, 0.3) is 11.3 Å². The first-order valence-electron chi connectivity index (χ1n) is 7.82. The monoisotopic (exact) mass is 374 g/mol. The van der Waals surface area contributed by atoms with E-state index in [1.165, 1.54) is 5.56 Å². The number of carbonyl (C=O) groups excluding carboxylic acids is 1. The summed E-state index contributed by atoms with van der Waals surface area (Å²) in [5.41, 5.74) is 3.18. The lowest BCUT2D eigenvalue weighted by atomic mass is 10.1. The van der Waals surface area contributed by atoms with Crippen LogP contribution >= 0.6 is 22.9 Å². The van der Waals surface area contributed by atoms with Crippen molar-refractivity contribution < 1.29 is 4.79 Å². The number of thiophene rings is 1. The van der Waals surface area contributed by atoms with E-state index in [-0.39, 0.29) is 11.9 Å². The van der Waals surface area contributed by atoms with Crippen LogP contribution < -0.4 is 5.32 Å². The number of hydrogen-bond acceptors (Lipinski definition) is 4. The fraction of sp³-hybridized carbons (Fsp3) is 0.222. The van der Waals surface area contributed by atoms with Crippen molar-refractivity contribution in [1.29, 1.82) is 0 Å². The molecule has 0 aliphatic carbocycles. The summed E-state index contributed by atoms with van der Waals surface area (Å²) in [6.07, 6.45) is 0. The zero-order valence-electron chi connectivity index (χ0n) is 14.0. The first-order chi connectivity index (χ1) is 12.0. The Morgan fingerprint density at radius 3 is 2.88 bits per heavy atom. The first-order valence-corrected chi connectivity index (χ1v) is 9.15. The fourth-order valence-corrected chi connectivity index (χ4v) is 3.48. The SMILES string of the molecule is CN(C)C(CNC(=O)c1cc(-c2cccc(Cl)c2)n[nH]1)c1ccsc1. The summed E-state index contributed by atoms with van der Waals surface area (Å²) in [6.45, 7) is 0.522. The summed E-state index contributed by atoms with van der Waals surface area (Å²) in [6, 6.07) is 11.3. The van der Waals surface area contributed by atoms with E-state index in [2.05, 4.69) is 31.9 Å². The van der Waals surface area contributed by atoms with E-state index < -0.39 is 0 Å². The van der Waals surface area contributed by atoms with Gasteiger partial charge in [0.15, 0.2) is 0 Å². The average molecular weight is 375 g/mol. The van der Waals surface area contributed by atoms with Gasteiger partial charge in [0.25, 0.3) is 5.91 Å². The number of halogens is 1. The van der Waals surface area contributed by atoms with Gasteiger partial charge in [-0.05, 0) is 54.7 Å². The third kappa shape index (κ3) is 4.28. The summed E-state index contributed by atoms with van der Waals surface area (Å²) in [4.78, 5) is 14.5. The number of nitrogens with zero attached hydrogens (tertiary/aromatic N) is 2. The van der Waals surface area contributed by atoms with E-state index in [9.17, 15) is 4.79 Å². The molecule has 7 heteroatoms. The molecule has 2 N–H and O–H groups in total. The van der Waals surface area contributed by atoms with Gasteiger partial charge in [0, 0.05) is 17.1 Å². The Balaban J connectivity index is 1.68. The summed E-state index contributed by atoms with van der Waals surface area (Å²) in [5, 5.41) is 14.8. The smallest absolute Gasteiger partial charge is 0.269 e. The molecule has 130 valence electrons. The summed E-state index contributed by atoms with van der Waals surface area (Å²) in [5.74, 6) is -0.178. The van der Waals surface area contributed by atoms with Crippen LogP contribution in [0, 0.1) is 0 Å². The molecule has 0 saturated heterocycles. The minimum atomic E-state index is -0.178. The van der Waals surface area contributed by atoms with Gasteiger partial charge in [-0.25, -0.2) is 0 Å². The van der Waals surface area contributed by atoms with Crippen molar-refractivity contribution in [3.63, 3.8) is 0 Å². The number of hydrogen-bond donors (Lipinski definition) is 2. The lowest BCUT2D eigenvalue weighted by Crippen LogP contribution is -2.34. The highest BCUT2D eigenvalue weighted by Crippen LogP contribution is 2.22. The van der Waals surface area contributed by atoms with Gasteiger partial charge < -0.3 is 10.2 Å². The topological polar surface area (TPSA) is 61.0 Å². The van der Waals surface area contributed by atoms with E-state index in [1.54, 1.807) is 23.5 Å². The highest BCUT2D eigenvalue weighted by molar-refractivity contribution is 7.07. The summed E-state index contributed by atoms with van der Waals surface area (Å²) >= 11 is 7.66. The second-order valence-corrected chi connectivity index (χ2v) is 7.14. The number of likely N-dealkylation sites (N-methyl/N-ethyl adjacent to an activating group) is 1. The highest BCUT2D eigenvalue weighted by Gasteiger charge is 2.17. The number of nitrogens with one attached hydrogen (secondary N) is 2. The van der Waals surface area contributed by atoms with Crippen LogP contribution in [0.2, 0.25) is 5.02 Å². The molecule has 3 rings (SSSR count). The minimum Gasteiger partial charge on any atom is -0.349 e. The molecule has 0 aliphatic heterocycles. The van der Waals surface area contributed by atoms with E-state index in [0.29, 0.717) is 23.0 Å². The Morgan fingerprint density at radius 1 is 1.36 bits per heavy atom. The van der Waals surface area contributed by atoms with Gasteiger partial charge in [-0.1, -0.05) is 23.7 Å². The van der Waals surface area contributed by atoms with Crippen molar-refractivity contribution in [2.45, 2.75) is 6.04 Å². The molecule has 1 unspecified atom stereocenters. The molecule has 0 fully saturated rings. The molecular weight excluding hydrogens is 356 g/mol. The predicted octanol–water partition coefficient (Wildman–Crippen LogP) is 3.82. The molecule has 0 radical (unpaired) electrons. The van der Waals surface area contributed by atoms with Gasteiger partial charge in [0.05, 0.1) is 11.7 Å². The molecule has 0 bridgehead atoms. The maximum atomic E-state index is 12.4. The number of rotatable bonds is 6. The Bertz CT molecular complexity index is 844. The maximum absolute atomic E-state index is 12.4. The molecule has 0 spiro atoms. The number of amides is 1. The van der Waals surface area contributed by atoms with Gasteiger partial charge in [0.1, 0.15) is 5.69 Å². The predicted molar refractivity (Wildman–Crippen MR) is 102 cm³/mol. The largest absolute Gasteiger partial charge is 0.349 e. The molecule has 25 heavy (non-hydrogen) atoms. The van der Waals surface area contributed by atoms with Crippen molar-refractivity contribution >= 4 is 28.8 Å². The molecule has 0 saturated carbocycles. The third-order valence-electron chi connectivity index (χ3n) is 3.95. The Labute approximate surface area is 155 Å². The normalized spacial score (nSPS) is 12.3. The van der Waals surface area contributed by atoms with Crippen molar-refractivity contribution in [2.75, 3.05) is 20.6 Å². The number of aromatic amines is 1. The number of benzene rings is 1. The van der Waals surface area contributed by atoms with Crippen LogP contribution in [0.4, 0.5) is 0 Å². The van der Waals surface area contributed by atoms with Crippen LogP contribution in [-0.4, -0.2) is 41.6 Å². The summed E-state index contributed by atoms with van der Waals surface area (Å²) < 4.78 is 0. The quantitative estimate of drug-likeness (QED) is 0.689. The highest BCUT2D eigenvalue weighted by atomic mass is 35.5. The molecule has 1 atom stereocenters. The van der Waals surface area contributed by atoms with Gasteiger partial charge in [-0.3, -0.25) is 9.89 Å². The zero-order chi connectivity index (χ0) is 17.8. The number of aromatic nitrogens is 2. The molecule has 2 aromatic heterocycles.